The minimum atomic E-state index is -0.925. The number of para-hydroxylation sites is 1. The van der Waals surface area contributed by atoms with Gasteiger partial charge in [0.05, 0.1) is 22.8 Å². The second kappa shape index (κ2) is 6.85. The summed E-state index contributed by atoms with van der Waals surface area (Å²) in [7, 11) is 0. The molecule has 0 aliphatic rings. The minimum absolute atomic E-state index is 0.0410. The van der Waals surface area contributed by atoms with Gasteiger partial charge < -0.3 is 9.84 Å². The van der Waals surface area contributed by atoms with E-state index in [1.54, 1.807) is 19.1 Å². The number of ether oxygens (including phenoxy) is 1. The number of nitro groups is 1. The smallest absolute Gasteiger partial charge is 0.324 e. The number of carboxylic acid groups (broad SMARTS) is 1. The lowest BCUT2D eigenvalue weighted by molar-refractivity contribution is -0.388. The van der Waals surface area contributed by atoms with Crippen molar-refractivity contribution in [3.8, 4) is 5.75 Å². The predicted octanol–water partition coefficient (Wildman–Crippen LogP) is 2.56. The summed E-state index contributed by atoms with van der Waals surface area (Å²) in [5.74, 6) is -0.430. The third kappa shape index (κ3) is 3.92. The van der Waals surface area contributed by atoms with Crippen LogP contribution in [0.3, 0.4) is 0 Å². The monoisotopic (exact) mass is 271 g/mol. The standard InChI is InChI=1S/C11H13NO5S/c1-2-17-8-4-3-5-9(11(8)12(15)16)18-7-6-10(13)14/h3-5H,2,6-7H2,1H3,(H,13,14). The van der Waals surface area contributed by atoms with Gasteiger partial charge in [-0.2, -0.15) is 0 Å². The lowest BCUT2D eigenvalue weighted by Gasteiger charge is -2.07. The molecule has 0 spiro atoms. The van der Waals surface area contributed by atoms with Crippen LogP contribution < -0.4 is 4.74 Å². The highest BCUT2D eigenvalue weighted by Gasteiger charge is 2.21. The van der Waals surface area contributed by atoms with Gasteiger partial charge in [0.25, 0.3) is 0 Å². The summed E-state index contributed by atoms with van der Waals surface area (Å²) >= 11 is 1.14. The number of carbonyl (C=O) groups is 1. The Bertz CT molecular complexity index is 449. The van der Waals surface area contributed by atoms with E-state index in [1.807, 2.05) is 0 Å². The van der Waals surface area contributed by atoms with Gasteiger partial charge in [0.2, 0.25) is 0 Å². The van der Waals surface area contributed by atoms with Crippen LogP contribution in [0.1, 0.15) is 13.3 Å². The van der Waals surface area contributed by atoms with Gasteiger partial charge in [0.15, 0.2) is 5.75 Å². The van der Waals surface area contributed by atoms with E-state index < -0.39 is 10.9 Å². The van der Waals surface area contributed by atoms with Crippen LogP contribution in [0.5, 0.6) is 5.75 Å². The Kier molecular flexibility index (Phi) is 5.44. The fourth-order valence-electron chi connectivity index (χ4n) is 1.32. The maximum Gasteiger partial charge on any atom is 0.324 e. The second-order valence-corrected chi connectivity index (χ2v) is 4.42. The van der Waals surface area contributed by atoms with E-state index in [-0.39, 0.29) is 23.6 Å². The average Bonchev–Trinajstić information content (AvgIpc) is 2.28. The third-order valence-corrected chi connectivity index (χ3v) is 3.07. The Hall–Kier alpha value is -1.76. The number of hydrogen-bond donors (Lipinski definition) is 1. The van der Waals surface area contributed by atoms with Crippen molar-refractivity contribution >= 4 is 23.4 Å². The minimum Gasteiger partial charge on any atom is -0.487 e. The molecule has 0 unspecified atom stereocenters. The zero-order chi connectivity index (χ0) is 13.5. The van der Waals surface area contributed by atoms with Gasteiger partial charge in [-0.05, 0) is 19.1 Å². The van der Waals surface area contributed by atoms with Gasteiger partial charge in [0.1, 0.15) is 0 Å². The molecule has 18 heavy (non-hydrogen) atoms. The highest BCUT2D eigenvalue weighted by molar-refractivity contribution is 7.99. The molecule has 0 aliphatic heterocycles. The maximum atomic E-state index is 11.0. The largest absolute Gasteiger partial charge is 0.487 e. The summed E-state index contributed by atoms with van der Waals surface area (Å²) in [6, 6.07) is 4.77. The van der Waals surface area contributed by atoms with E-state index in [2.05, 4.69) is 0 Å². The van der Waals surface area contributed by atoms with Gasteiger partial charge in [-0.25, -0.2) is 0 Å². The van der Waals surface area contributed by atoms with E-state index in [0.717, 1.165) is 11.8 Å². The van der Waals surface area contributed by atoms with Crippen molar-refractivity contribution in [3.05, 3.63) is 28.3 Å². The molecule has 0 saturated heterocycles. The van der Waals surface area contributed by atoms with Crippen molar-refractivity contribution in [2.45, 2.75) is 18.2 Å². The van der Waals surface area contributed by atoms with Gasteiger partial charge in [-0.3, -0.25) is 14.9 Å². The zero-order valence-corrected chi connectivity index (χ0v) is 10.6. The Morgan fingerprint density at radius 3 is 2.83 bits per heavy atom. The van der Waals surface area contributed by atoms with E-state index in [1.165, 1.54) is 6.07 Å². The molecule has 7 heteroatoms. The van der Waals surface area contributed by atoms with Crippen molar-refractivity contribution in [1.29, 1.82) is 0 Å². The summed E-state index contributed by atoms with van der Waals surface area (Å²) in [6.07, 6.45) is -0.0410. The first-order valence-corrected chi connectivity index (χ1v) is 6.29. The first-order valence-electron chi connectivity index (χ1n) is 5.31. The van der Waals surface area contributed by atoms with Crippen LogP contribution in [0.2, 0.25) is 0 Å². The number of carboxylic acids is 1. The van der Waals surface area contributed by atoms with Crippen molar-refractivity contribution < 1.29 is 19.6 Å². The molecule has 1 rings (SSSR count). The van der Waals surface area contributed by atoms with Crippen LogP contribution in [0, 0.1) is 10.1 Å². The van der Waals surface area contributed by atoms with Crippen LogP contribution in [0.15, 0.2) is 23.1 Å². The number of nitro benzene ring substituents is 1. The third-order valence-electron chi connectivity index (χ3n) is 2.02. The summed E-state index contributed by atoms with van der Waals surface area (Å²) < 4.78 is 5.20. The quantitative estimate of drug-likeness (QED) is 0.465. The Morgan fingerprint density at radius 1 is 1.56 bits per heavy atom. The SMILES string of the molecule is CCOc1cccc(SCCC(=O)O)c1[N+](=O)[O-]. The number of hydrogen-bond acceptors (Lipinski definition) is 5. The fourth-order valence-corrected chi connectivity index (χ4v) is 2.30. The van der Waals surface area contributed by atoms with Gasteiger partial charge >= 0.3 is 11.7 Å². The number of rotatable bonds is 7. The highest BCUT2D eigenvalue weighted by Crippen LogP contribution is 2.37. The Balaban J connectivity index is 2.92. The molecule has 0 bridgehead atoms. The summed E-state index contributed by atoms with van der Waals surface area (Å²) in [5.41, 5.74) is -0.102. The fraction of sp³-hybridized carbons (Fsp3) is 0.364. The molecule has 98 valence electrons. The molecule has 0 atom stereocenters. The first-order chi connectivity index (χ1) is 8.56. The molecule has 1 aromatic carbocycles. The topological polar surface area (TPSA) is 89.7 Å². The Morgan fingerprint density at radius 2 is 2.28 bits per heavy atom. The maximum absolute atomic E-state index is 11.0. The number of benzene rings is 1. The summed E-state index contributed by atoms with van der Waals surface area (Å²) in [5, 5.41) is 19.5. The molecule has 1 N–H and O–H groups in total. The van der Waals surface area contributed by atoms with Crippen molar-refractivity contribution in [2.75, 3.05) is 12.4 Å². The molecule has 0 fully saturated rings. The molecule has 0 aromatic heterocycles. The van der Waals surface area contributed by atoms with E-state index in [9.17, 15) is 14.9 Å². The van der Waals surface area contributed by atoms with Crippen LogP contribution in [0.25, 0.3) is 0 Å². The van der Waals surface area contributed by atoms with Crippen LogP contribution in [-0.2, 0) is 4.79 Å². The predicted molar refractivity (Wildman–Crippen MR) is 67.2 cm³/mol. The van der Waals surface area contributed by atoms with Gasteiger partial charge in [-0.1, -0.05) is 6.07 Å². The van der Waals surface area contributed by atoms with Crippen LogP contribution >= 0.6 is 11.8 Å². The zero-order valence-electron chi connectivity index (χ0n) is 9.79. The first kappa shape index (κ1) is 14.3. The Labute approximate surface area is 108 Å². The van der Waals surface area contributed by atoms with Gasteiger partial charge in [0, 0.05) is 5.75 Å². The van der Waals surface area contributed by atoms with Crippen molar-refractivity contribution in [1.82, 2.24) is 0 Å². The van der Waals surface area contributed by atoms with E-state index >= 15 is 0 Å². The normalized spacial score (nSPS) is 10.1. The lowest BCUT2D eigenvalue weighted by Crippen LogP contribution is -2.00. The van der Waals surface area contributed by atoms with Crippen molar-refractivity contribution in [2.24, 2.45) is 0 Å². The molecule has 0 saturated carbocycles. The molecule has 0 amide bonds. The molecule has 1 aromatic rings. The average molecular weight is 271 g/mol. The number of thioether (sulfide) groups is 1. The van der Waals surface area contributed by atoms with E-state index in [0.29, 0.717) is 11.5 Å². The number of nitrogens with zero attached hydrogens (tertiary/aromatic N) is 1. The number of aliphatic carboxylic acids is 1. The molecule has 0 radical (unpaired) electrons. The molecular weight excluding hydrogens is 258 g/mol. The summed E-state index contributed by atoms with van der Waals surface area (Å²) in [4.78, 5) is 21.3. The molecule has 0 aliphatic carbocycles. The second-order valence-electron chi connectivity index (χ2n) is 3.29. The van der Waals surface area contributed by atoms with Crippen molar-refractivity contribution in [3.63, 3.8) is 0 Å². The molecule has 0 heterocycles. The van der Waals surface area contributed by atoms with Crippen LogP contribution in [-0.4, -0.2) is 28.4 Å². The molecule has 6 nitrogen and oxygen atoms in total. The summed E-state index contributed by atoms with van der Waals surface area (Å²) in [6.45, 7) is 2.08. The lowest BCUT2D eigenvalue weighted by atomic mass is 10.3. The van der Waals surface area contributed by atoms with Crippen LogP contribution in [0.4, 0.5) is 5.69 Å². The van der Waals surface area contributed by atoms with E-state index in [4.69, 9.17) is 9.84 Å². The highest BCUT2D eigenvalue weighted by atomic mass is 32.2. The molecular formula is C11H13NO5S. The van der Waals surface area contributed by atoms with Gasteiger partial charge in [-0.15, -0.1) is 11.8 Å².